The lowest BCUT2D eigenvalue weighted by Gasteiger charge is -2.40. The molecule has 1 fully saturated rings. The van der Waals surface area contributed by atoms with Gasteiger partial charge in [0.15, 0.2) is 0 Å². The fourth-order valence-corrected chi connectivity index (χ4v) is 2.90. The van der Waals surface area contributed by atoms with Crippen LogP contribution in [-0.2, 0) is 6.54 Å². The van der Waals surface area contributed by atoms with Gasteiger partial charge in [-0.3, -0.25) is 9.69 Å². The van der Waals surface area contributed by atoms with E-state index in [1.807, 2.05) is 0 Å². The van der Waals surface area contributed by atoms with Gasteiger partial charge in [0.05, 0.1) is 0 Å². The Balaban J connectivity index is 2.17. The van der Waals surface area contributed by atoms with Gasteiger partial charge in [-0.1, -0.05) is 12.5 Å². The minimum atomic E-state index is -0.610. The number of primary amides is 1. The molecule has 2 atom stereocenters. The van der Waals surface area contributed by atoms with E-state index in [1.165, 1.54) is 12.5 Å². The summed E-state index contributed by atoms with van der Waals surface area (Å²) in [5.41, 5.74) is 11.8. The maximum Gasteiger partial charge on any atom is 0.248 e. The molecular weight excluding hydrogens is 257 g/mol. The average molecular weight is 279 g/mol. The summed E-state index contributed by atoms with van der Waals surface area (Å²) in [7, 11) is 0. The second kappa shape index (κ2) is 6.33. The predicted octanol–water partition coefficient (Wildman–Crippen LogP) is 1.63. The number of halogens is 1. The maximum absolute atomic E-state index is 14.1. The topological polar surface area (TPSA) is 72.3 Å². The first-order chi connectivity index (χ1) is 9.52. The summed E-state index contributed by atoms with van der Waals surface area (Å²) in [5.74, 6) is -0.989. The number of piperidine rings is 1. The molecule has 0 saturated carbocycles. The van der Waals surface area contributed by atoms with Crippen LogP contribution in [0, 0.1) is 5.82 Å². The van der Waals surface area contributed by atoms with Gasteiger partial charge >= 0.3 is 0 Å². The SMILES string of the molecule is CC1CCCC(CN)N1Cc1ccc(C(N)=O)cc1F. The van der Waals surface area contributed by atoms with Gasteiger partial charge in [-0.2, -0.15) is 0 Å². The van der Waals surface area contributed by atoms with Crippen LogP contribution >= 0.6 is 0 Å². The van der Waals surface area contributed by atoms with Crippen LogP contribution in [-0.4, -0.2) is 29.4 Å². The van der Waals surface area contributed by atoms with Gasteiger partial charge in [0.25, 0.3) is 0 Å². The van der Waals surface area contributed by atoms with E-state index in [0.717, 1.165) is 12.8 Å². The number of carbonyl (C=O) groups is 1. The zero-order chi connectivity index (χ0) is 14.7. The Labute approximate surface area is 118 Å². The van der Waals surface area contributed by atoms with Gasteiger partial charge < -0.3 is 11.5 Å². The van der Waals surface area contributed by atoms with Gasteiger partial charge in [-0.05, 0) is 31.9 Å². The zero-order valence-corrected chi connectivity index (χ0v) is 11.8. The summed E-state index contributed by atoms with van der Waals surface area (Å²) < 4.78 is 14.1. The number of hydrogen-bond acceptors (Lipinski definition) is 3. The molecule has 1 aliphatic heterocycles. The highest BCUT2D eigenvalue weighted by Gasteiger charge is 2.27. The first kappa shape index (κ1) is 14.9. The number of nitrogens with two attached hydrogens (primary N) is 2. The fourth-order valence-electron chi connectivity index (χ4n) is 2.90. The second-order valence-electron chi connectivity index (χ2n) is 5.51. The molecule has 0 bridgehead atoms. The molecule has 110 valence electrons. The molecule has 5 heteroatoms. The molecule has 2 rings (SSSR count). The summed E-state index contributed by atoms with van der Waals surface area (Å²) in [5, 5.41) is 0. The number of rotatable bonds is 4. The van der Waals surface area contributed by atoms with Gasteiger partial charge in [-0.15, -0.1) is 0 Å². The lowest BCUT2D eigenvalue weighted by atomic mass is 9.95. The van der Waals surface area contributed by atoms with E-state index >= 15 is 0 Å². The number of likely N-dealkylation sites (tertiary alicyclic amines) is 1. The van der Waals surface area contributed by atoms with Gasteiger partial charge in [0.1, 0.15) is 5.82 Å². The van der Waals surface area contributed by atoms with Crippen molar-refractivity contribution in [1.82, 2.24) is 4.90 Å². The van der Waals surface area contributed by atoms with E-state index in [1.54, 1.807) is 12.1 Å². The van der Waals surface area contributed by atoms with E-state index in [4.69, 9.17) is 11.5 Å². The first-order valence-electron chi connectivity index (χ1n) is 7.07. The van der Waals surface area contributed by atoms with Crippen LogP contribution in [0.3, 0.4) is 0 Å². The molecule has 0 spiro atoms. The third kappa shape index (κ3) is 3.16. The predicted molar refractivity (Wildman–Crippen MR) is 76.6 cm³/mol. The molecule has 0 aromatic heterocycles. The van der Waals surface area contributed by atoms with E-state index in [2.05, 4.69) is 11.8 Å². The quantitative estimate of drug-likeness (QED) is 0.879. The van der Waals surface area contributed by atoms with E-state index in [-0.39, 0.29) is 11.4 Å². The molecule has 4 N–H and O–H groups in total. The molecule has 20 heavy (non-hydrogen) atoms. The van der Waals surface area contributed by atoms with Gasteiger partial charge in [0.2, 0.25) is 5.91 Å². The first-order valence-corrected chi connectivity index (χ1v) is 7.07. The van der Waals surface area contributed by atoms with E-state index in [9.17, 15) is 9.18 Å². The molecule has 1 aromatic carbocycles. The number of benzene rings is 1. The Hall–Kier alpha value is -1.46. The minimum Gasteiger partial charge on any atom is -0.366 e. The summed E-state index contributed by atoms with van der Waals surface area (Å²) in [6, 6.07) is 5.13. The van der Waals surface area contributed by atoms with Crippen LogP contribution in [0.2, 0.25) is 0 Å². The monoisotopic (exact) mass is 279 g/mol. The Morgan fingerprint density at radius 3 is 2.80 bits per heavy atom. The van der Waals surface area contributed by atoms with Gasteiger partial charge in [-0.25, -0.2) is 4.39 Å². The molecule has 4 nitrogen and oxygen atoms in total. The lowest BCUT2D eigenvalue weighted by molar-refractivity contribution is 0.0879. The Kier molecular flexibility index (Phi) is 4.73. The summed E-state index contributed by atoms with van der Waals surface area (Å²) in [6.07, 6.45) is 3.34. The Bertz CT molecular complexity index is 492. The van der Waals surface area contributed by atoms with Crippen molar-refractivity contribution in [2.75, 3.05) is 6.54 Å². The highest BCUT2D eigenvalue weighted by Crippen LogP contribution is 2.25. The van der Waals surface area contributed by atoms with Crippen LogP contribution in [0.4, 0.5) is 4.39 Å². The maximum atomic E-state index is 14.1. The zero-order valence-electron chi connectivity index (χ0n) is 11.8. The van der Waals surface area contributed by atoms with Crippen LogP contribution in [0.15, 0.2) is 18.2 Å². The molecule has 1 aliphatic rings. The van der Waals surface area contributed by atoms with Gasteiger partial charge in [0, 0.05) is 36.3 Å². The summed E-state index contributed by atoms with van der Waals surface area (Å²) >= 11 is 0. The largest absolute Gasteiger partial charge is 0.366 e. The fraction of sp³-hybridized carbons (Fsp3) is 0.533. The molecule has 1 amide bonds. The molecular formula is C15H22FN3O. The molecule has 0 radical (unpaired) electrons. The highest BCUT2D eigenvalue weighted by atomic mass is 19.1. The van der Waals surface area contributed by atoms with Crippen LogP contribution in [0.1, 0.15) is 42.1 Å². The number of nitrogens with zero attached hydrogens (tertiary/aromatic N) is 1. The number of amides is 1. The molecule has 1 heterocycles. The van der Waals surface area contributed by atoms with Crippen LogP contribution in [0.5, 0.6) is 0 Å². The number of carbonyl (C=O) groups excluding carboxylic acids is 1. The normalized spacial score (nSPS) is 23.8. The summed E-state index contributed by atoms with van der Waals surface area (Å²) in [4.78, 5) is 13.3. The van der Waals surface area contributed by atoms with Crippen molar-refractivity contribution in [3.63, 3.8) is 0 Å². The van der Waals surface area contributed by atoms with Crippen molar-refractivity contribution in [1.29, 1.82) is 0 Å². The van der Waals surface area contributed by atoms with Crippen LogP contribution < -0.4 is 11.5 Å². The highest BCUT2D eigenvalue weighted by molar-refractivity contribution is 5.92. The van der Waals surface area contributed by atoms with Crippen molar-refractivity contribution < 1.29 is 9.18 Å². The lowest BCUT2D eigenvalue weighted by Crippen LogP contribution is -2.48. The Morgan fingerprint density at radius 2 is 2.20 bits per heavy atom. The second-order valence-corrected chi connectivity index (χ2v) is 5.51. The number of hydrogen-bond donors (Lipinski definition) is 2. The standard InChI is InChI=1S/C15H22FN3O/c1-10-3-2-4-13(8-17)19(10)9-12-6-5-11(15(18)20)7-14(12)16/h5-7,10,13H,2-4,8-9,17H2,1H3,(H2,18,20). The minimum absolute atomic E-state index is 0.202. The molecule has 2 unspecified atom stereocenters. The summed E-state index contributed by atoms with van der Waals surface area (Å²) in [6.45, 7) is 3.26. The Morgan fingerprint density at radius 1 is 1.45 bits per heavy atom. The smallest absolute Gasteiger partial charge is 0.248 e. The van der Waals surface area contributed by atoms with Crippen molar-refractivity contribution in [2.24, 2.45) is 11.5 Å². The van der Waals surface area contributed by atoms with Crippen molar-refractivity contribution in [2.45, 2.75) is 44.8 Å². The van der Waals surface area contributed by atoms with Crippen molar-refractivity contribution >= 4 is 5.91 Å². The van der Waals surface area contributed by atoms with E-state index < -0.39 is 5.91 Å². The molecule has 1 saturated heterocycles. The molecule has 1 aromatic rings. The third-order valence-electron chi connectivity index (χ3n) is 4.16. The average Bonchev–Trinajstić information content (AvgIpc) is 2.42. The van der Waals surface area contributed by atoms with Crippen LogP contribution in [0.25, 0.3) is 0 Å². The third-order valence-corrected chi connectivity index (χ3v) is 4.16. The van der Waals surface area contributed by atoms with Crippen molar-refractivity contribution in [3.05, 3.63) is 35.1 Å². The van der Waals surface area contributed by atoms with Crippen molar-refractivity contribution in [3.8, 4) is 0 Å². The molecule has 0 aliphatic carbocycles. The van der Waals surface area contributed by atoms with E-state index in [0.29, 0.717) is 30.7 Å².